The highest BCUT2D eigenvalue weighted by molar-refractivity contribution is 5.95. The van der Waals surface area contributed by atoms with Crippen LogP contribution in [0.15, 0.2) is 24.3 Å². The van der Waals surface area contributed by atoms with Crippen molar-refractivity contribution in [1.29, 1.82) is 0 Å². The number of amides is 2. The zero-order valence-corrected chi connectivity index (χ0v) is 13.7. The van der Waals surface area contributed by atoms with Crippen molar-refractivity contribution in [2.75, 3.05) is 20.6 Å². The number of carbonyl (C=O) groups is 3. The van der Waals surface area contributed by atoms with E-state index in [9.17, 15) is 14.4 Å². The van der Waals surface area contributed by atoms with E-state index < -0.39 is 5.97 Å². The molecule has 2 N–H and O–H groups in total. The average Bonchev–Trinajstić information content (AvgIpc) is 2.52. The maximum absolute atomic E-state index is 11.8. The molecule has 6 heteroatoms. The first kappa shape index (κ1) is 18.7. The van der Waals surface area contributed by atoms with Gasteiger partial charge in [0.2, 0.25) is 5.91 Å². The standard InChI is InChI=1S/C17H24N2O4/c1-19(2)15(20)10-5-3-4-7-13-8-6-9-14(11-13)17(23)18-12-16(21)22/h6,8-9,11H,3-5,7,10,12H2,1-2H3,(H,18,23)(H,21,22). The summed E-state index contributed by atoms with van der Waals surface area (Å²) >= 11 is 0. The molecule has 0 heterocycles. The molecular weight excluding hydrogens is 296 g/mol. The molecule has 1 aromatic carbocycles. The number of aryl methyl sites for hydroxylation is 1. The first-order chi connectivity index (χ1) is 10.9. The summed E-state index contributed by atoms with van der Waals surface area (Å²) in [5, 5.41) is 10.9. The minimum absolute atomic E-state index is 0.141. The van der Waals surface area contributed by atoms with Gasteiger partial charge >= 0.3 is 5.97 Å². The summed E-state index contributed by atoms with van der Waals surface area (Å²) in [4.78, 5) is 35.3. The molecule has 2 amide bonds. The molecule has 0 aliphatic rings. The summed E-state index contributed by atoms with van der Waals surface area (Å²) in [5.74, 6) is -1.31. The Morgan fingerprint density at radius 1 is 1.13 bits per heavy atom. The van der Waals surface area contributed by atoms with Gasteiger partial charge in [-0.3, -0.25) is 14.4 Å². The van der Waals surface area contributed by atoms with E-state index in [0.29, 0.717) is 12.0 Å². The van der Waals surface area contributed by atoms with Crippen molar-refractivity contribution >= 4 is 17.8 Å². The second kappa shape index (κ2) is 9.61. The maximum Gasteiger partial charge on any atom is 0.322 e. The Labute approximate surface area is 136 Å². The normalized spacial score (nSPS) is 10.2. The highest BCUT2D eigenvalue weighted by Crippen LogP contribution is 2.11. The van der Waals surface area contributed by atoms with Gasteiger partial charge in [0.1, 0.15) is 6.54 Å². The van der Waals surface area contributed by atoms with Crippen LogP contribution in [-0.2, 0) is 16.0 Å². The maximum atomic E-state index is 11.8. The zero-order chi connectivity index (χ0) is 17.2. The minimum Gasteiger partial charge on any atom is -0.480 e. The number of rotatable bonds is 9. The van der Waals surface area contributed by atoms with Gasteiger partial charge in [-0.25, -0.2) is 0 Å². The van der Waals surface area contributed by atoms with Crippen LogP contribution in [0.3, 0.4) is 0 Å². The lowest BCUT2D eigenvalue weighted by Gasteiger charge is -2.09. The van der Waals surface area contributed by atoms with E-state index in [-0.39, 0.29) is 18.4 Å². The molecule has 0 radical (unpaired) electrons. The van der Waals surface area contributed by atoms with Crippen molar-refractivity contribution in [2.45, 2.75) is 32.1 Å². The quantitative estimate of drug-likeness (QED) is 0.678. The summed E-state index contributed by atoms with van der Waals surface area (Å²) in [6.07, 6.45) is 4.15. The Hall–Kier alpha value is -2.37. The van der Waals surface area contributed by atoms with Crippen molar-refractivity contribution in [1.82, 2.24) is 10.2 Å². The monoisotopic (exact) mass is 320 g/mol. The van der Waals surface area contributed by atoms with Crippen LogP contribution in [-0.4, -0.2) is 48.4 Å². The SMILES string of the molecule is CN(C)C(=O)CCCCCc1cccc(C(=O)NCC(=O)O)c1. The third-order valence-electron chi connectivity index (χ3n) is 3.44. The van der Waals surface area contributed by atoms with Gasteiger partial charge in [0.15, 0.2) is 0 Å². The fourth-order valence-corrected chi connectivity index (χ4v) is 2.13. The van der Waals surface area contributed by atoms with Crippen LogP contribution < -0.4 is 5.32 Å². The molecule has 1 aromatic rings. The van der Waals surface area contributed by atoms with Crippen LogP contribution in [0, 0.1) is 0 Å². The molecule has 0 saturated carbocycles. The molecule has 0 aliphatic heterocycles. The molecule has 0 atom stereocenters. The predicted octanol–water partition coefficient (Wildman–Crippen LogP) is 1.69. The Morgan fingerprint density at radius 3 is 2.52 bits per heavy atom. The number of carboxylic acid groups (broad SMARTS) is 1. The fourth-order valence-electron chi connectivity index (χ4n) is 2.13. The van der Waals surface area contributed by atoms with Crippen molar-refractivity contribution in [2.24, 2.45) is 0 Å². The summed E-state index contributed by atoms with van der Waals surface area (Å²) in [7, 11) is 3.51. The van der Waals surface area contributed by atoms with Crippen molar-refractivity contribution in [3.8, 4) is 0 Å². The van der Waals surface area contributed by atoms with Gasteiger partial charge in [0, 0.05) is 26.1 Å². The van der Waals surface area contributed by atoms with Gasteiger partial charge in [-0.1, -0.05) is 18.6 Å². The van der Waals surface area contributed by atoms with Crippen LogP contribution >= 0.6 is 0 Å². The third-order valence-corrected chi connectivity index (χ3v) is 3.44. The van der Waals surface area contributed by atoms with Crippen molar-refractivity contribution in [3.05, 3.63) is 35.4 Å². The second-order valence-electron chi connectivity index (χ2n) is 5.63. The Balaban J connectivity index is 2.38. The molecule has 6 nitrogen and oxygen atoms in total. The lowest BCUT2D eigenvalue weighted by atomic mass is 10.0. The highest BCUT2D eigenvalue weighted by atomic mass is 16.4. The first-order valence-electron chi connectivity index (χ1n) is 7.69. The molecule has 0 fully saturated rings. The number of nitrogens with zero attached hydrogens (tertiary/aromatic N) is 1. The zero-order valence-electron chi connectivity index (χ0n) is 13.7. The van der Waals surface area contributed by atoms with E-state index in [1.807, 2.05) is 6.07 Å². The predicted molar refractivity (Wildman–Crippen MR) is 87.3 cm³/mol. The number of carboxylic acids is 1. The van der Waals surface area contributed by atoms with Crippen LogP contribution in [0.4, 0.5) is 0 Å². The lowest BCUT2D eigenvalue weighted by molar-refractivity contribution is -0.135. The van der Waals surface area contributed by atoms with Gasteiger partial charge in [-0.2, -0.15) is 0 Å². The van der Waals surface area contributed by atoms with Crippen molar-refractivity contribution < 1.29 is 19.5 Å². The number of carbonyl (C=O) groups excluding carboxylic acids is 2. The molecule has 0 unspecified atom stereocenters. The average molecular weight is 320 g/mol. The number of hydrogen-bond donors (Lipinski definition) is 2. The molecule has 0 saturated heterocycles. The number of hydrogen-bond acceptors (Lipinski definition) is 3. The van der Waals surface area contributed by atoms with Crippen LogP contribution in [0.25, 0.3) is 0 Å². The number of benzene rings is 1. The van der Waals surface area contributed by atoms with E-state index in [2.05, 4.69) is 5.32 Å². The molecule has 1 rings (SSSR count). The topological polar surface area (TPSA) is 86.7 Å². The van der Waals surface area contributed by atoms with Gasteiger partial charge in [-0.05, 0) is 37.0 Å². The molecule has 0 spiro atoms. The number of aliphatic carboxylic acids is 1. The largest absolute Gasteiger partial charge is 0.480 e. The first-order valence-corrected chi connectivity index (χ1v) is 7.69. The molecule has 126 valence electrons. The van der Waals surface area contributed by atoms with Crippen molar-refractivity contribution in [3.63, 3.8) is 0 Å². The third kappa shape index (κ3) is 7.44. The molecule has 0 bridgehead atoms. The summed E-state index contributed by atoms with van der Waals surface area (Å²) < 4.78 is 0. The van der Waals surface area contributed by atoms with E-state index >= 15 is 0 Å². The number of nitrogens with one attached hydrogen (secondary N) is 1. The Bertz CT molecular complexity index is 555. The van der Waals surface area contributed by atoms with Crippen LogP contribution in [0.5, 0.6) is 0 Å². The van der Waals surface area contributed by atoms with Crippen LogP contribution in [0.1, 0.15) is 41.6 Å². The molecule has 0 aromatic heterocycles. The van der Waals surface area contributed by atoms with Gasteiger partial charge in [0.05, 0.1) is 0 Å². The minimum atomic E-state index is -1.07. The summed E-state index contributed by atoms with van der Waals surface area (Å²) in [6, 6.07) is 7.18. The lowest BCUT2D eigenvalue weighted by Crippen LogP contribution is -2.29. The fraction of sp³-hybridized carbons (Fsp3) is 0.471. The Kier molecular flexibility index (Phi) is 7.80. The van der Waals surface area contributed by atoms with Gasteiger partial charge in [0.25, 0.3) is 5.91 Å². The van der Waals surface area contributed by atoms with Gasteiger partial charge < -0.3 is 15.3 Å². The molecular formula is C17H24N2O4. The van der Waals surface area contributed by atoms with Gasteiger partial charge in [-0.15, -0.1) is 0 Å². The smallest absolute Gasteiger partial charge is 0.322 e. The van der Waals surface area contributed by atoms with Crippen LogP contribution in [0.2, 0.25) is 0 Å². The van der Waals surface area contributed by atoms with E-state index in [4.69, 9.17) is 5.11 Å². The second-order valence-corrected chi connectivity index (χ2v) is 5.63. The molecule has 0 aliphatic carbocycles. The van der Waals surface area contributed by atoms with E-state index in [1.165, 1.54) is 0 Å². The molecule has 23 heavy (non-hydrogen) atoms. The summed E-state index contributed by atoms with van der Waals surface area (Å²) in [6.45, 7) is -0.386. The highest BCUT2D eigenvalue weighted by Gasteiger charge is 2.08. The summed E-state index contributed by atoms with van der Waals surface area (Å²) in [5.41, 5.74) is 1.50. The van der Waals surface area contributed by atoms with E-state index in [0.717, 1.165) is 31.2 Å². The van der Waals surface area contributed by atoms with E-state index in [1.54, 1.807) is 37.2 Å². The number of unbranched alkanes of at least 4 members (excludes halogenated alkanes) is 2. The Morgan fingerprint density at radius 2 is 1.87 bits per heavy atom.